The van der Waals surface area contributed by atoms with E-state index in [2.05, 4.69) is 20.6 Å². The number of hydrogen-bond donors (Lipinski definition) is 3. The molecule has 0 radical (unpaired) electrons. The molecule has 0 atom stereocenters. The molecule has 0 bridgehead atoms. The molecule has 0 unspecified atom stereocenters. The molecule has 98 valence electrons. The van der Waals surface area contributed by atoms with Crippen molar-refractivity contribution in [1.82, 2.24) is 20.0 Å². The predicted octanol–water partition coefficient (Wildman–Crippen LogP) is 1.80. The van der Waals surface area contributed by atoms with E-state index in [0.717, 1.165) is 33.5 Å². The highest BCUT2D eigenvalue weighted by Gasteiger charge is 2.06. The number of aryl methyl sites for hydroxylation is 1. The summed E-state index contributed by atoms with van der Waals surface area (Å²) in [5, 5.41) is 15.5. The minimum absolute atomic E-state index is 0.698. The van der Waals surface area contributed by atoms with Crippen LogP contribution in [0.1, 0.15) is 11.3 Å². The molecule has 3 rings (SSSR count). The van der Waals surface area contributed by atoms with Gasteiger partial charge < -0.3 is 11.1 Å². The first-order chi connectivity index (χ1) is 9.15. The standard InChI is InChI=1S/C13H16N6/c1-8-10(7-17-19(8)2)5-15-13-4-12-9(3-11(13)14)6-16-18-12/h3-4,6-7,15H,5,14H2,1-2H3,(H,16,18). The lowest BCUT2D eigenvalue weighted by Crippen LogP contribution is -2.03. The van der Waals surface area contributed by atoms with Crippen molar-refractivity contribution in [3.05, 3.63) is 35.8 Å². The van der Waals surface area contributed by atoms with E-state index >= 15 is 0 Å². The molecular formula is C13H16N6. The summed E-state index contributed by atoms with van der Waals surface area (Å²) < 4.78 is 1.86. The molecule has 0 spiro atoms. The van der Waals surface area contributed by atoms with Gasteiger partial charge in [-0.05, 0) is 19.1 Å². The molecule has 0 aliphatic carbocycles. The summed E-state index contributed by atoms with van der Waals surface area (Å²) in [6.07, 6.45) is 3.63. The van der Waals surface area contributed by atoms with E-state index in [9.17, 15) is 0 Å². The van der Waals surface area contributed by atoms with Crippen LogP contribution in [0.3, 0.4) is 0 Å². The minimum Gasteiger partial charge on any atom is -0.397 e. The summed E-state index contributed by atoms with van der Waals surface area (Å²) in [4.78, 5) is 0. The number of nitrogens with zero attached hydrogens (tertiary/aromatic N) is 3. The van der Waals surface area contributed by atoms with Crippen molar-refractivity contribution in [1.29, 1.82) is 0 Å². The molecular weight excluding hydrogens is 240 g/mol. The fourth-order valence-electron chi connectivity index (χ4n) is 2.07. The van der Waals surface area contributed by atoms with Gasteiger partial charge in [0.15, 0.2) is 0 Å². The molecule has 0 saturated carbocycles. The normalized spacial score (nSPS) is 11.1. The van der Waals surface area contributed by atoms with Gasteiger partial charge in [-0.15, -0.1) is 0 Å². The van der Waals surface area contributed by atoms with Crippen molar-refractivity contribution >= 4 is 22.3 Å². The maximum atomic E-state index is 6.03. The van der Waals surface area contributed by atoms with Gasteiger partial charge in [0.2, 0.25) is 0 Å². The van der Waals surface area contributed by atoms with Gasteiger partial charge in [-0.3, -0.25) is 9.78 Å². The number of anilines is 2. The Morgan fingerprint density at radius 1 is 1.37 bits per heavy atom. The number of H-pyrrole nitrogens is 1. The first-order valence-electron chi connectivity index (χ1n) is 6.09. The lowest BCUT2D eigenvalue weighted by Gasteiger charge is -2.09. The fourth-order valence-corrected chi connectivity index (χ4v) is 2.07. The van der Waals surface area contributed by atoms with Crippen LogP contribution in [-0.4, -0.2) is 20.0 Å². The Morgan fingerprint density at radius 3 is 2.95 bits per heavy atom. The summed E-state index contributed by atoms with van der Waals surface area (Å²) in [5.74, 6) is 0. The predicted molar refractivity (Wildman–Crippen MR) is 75.8 cm³/mol. The highest BCUT2D eigenvalue weighted by molar-refractivity contribution is 5.88. The zero-order valence-corrected chi connectivity index (χ0v) is 10.9. The van der Waals surface area contributed by atoms with Crippen molar-refractivity contribution < 1.29 is 0 Å². The van der Waals surface area contributed by atoms with Gasteiger partial charge in [-0.25, -0.2) is 0 Å². The van der Waals surface area contributed by atoms with E-state index in [1.165, 1.54) is 0 Å². The number of nitrogen functional groups attached to an aromatic ring is 1. The van der Waals surface area contributed by atoms with Crippen molar-refractivity contribution in [2.45, 2.75) is 13.5 Å². The molecule has 1 aromatic carbocycles. The van der Waals surface area contributed by atoms with Gasteiger partial charge in [0, 0.05) is 30.2 Å². The van der Waals surface area contributed by atoms with Gasteiger partial charge in [0.05, 0.1) is 29.3 Å². The Morgan fingerprint density at radius 2 is 2.21 bits per heavy atom. The second-order valence-electron chi connectivity index (χ2n) is 4.63. The highest BCUT2D eigenvalue weighted by atomic mass is 15.3. The third-order valence-electron chi connectivity index (χ3n) is 3.42. The molecule has 3 aromatic rings. The van der Waals surface area contributed by atoms with Crippen LogP contribution in [0, 0.1) is 6.92 Å². The Hall–Kier alpha value is -2.50. The molecule has 2 aromatic heterocycles. The van der Waals surface area contributed by atoms with E-state index < -0.39 is 0 Å². The SMILES string of the molecule is Cc1c(CNc2cc3[nH]ncc3cc2N)cnn1C. The highest BCUT2D eigenvalue weighted by Crippen LogP contribution is 2.25. The maximum Gasteiger partial charge on any atom is 0.0672 e. The number of aromatic nitrogens is 4. The van der Waals surface area contributed by atoms with Crippen LogP contribution >= 0.6 is 0 Å². The monoisotopic (exact) mass is 256 g/mol. The lowest BCUT2D eigenvalue weighted by molar-refractivity contribution is 0.738. The van der Waals surface area contributed by atoms with Crippen molar-refractivity contribution in [3.8, 4) is 0 Å². The number of aromatic amines is 1. The molecule has 6 nitrogen and oxygen atoms in total. The molecule has 0 fully saturated rings. The smallest absolute Gasteiger partial charge is 0.0672 e. The summed E-state index contributed by atoms with van der Waals surface area (Å²) in [5.41, 5.74) is 10.9. The second-order valence-corrected chi connectivity index (χ2v) is 4.63. The van der Waals surface area contributed by atoms with Crippen molar-refractivity contribution in [2.75, 3.05) is 11.1 Å². The number of benzene rings is 1. The Labute approximate surface area is 110 Å². The number of fused-ring (bicyclic) bond motifs is 1. The summed E-state index contributed by atoms with van der Waals surface area (Å²) in [7, 11) is 1.93. The van der Waals surface area contributed by atoms with Crippen LogP contribution in [0.25, 0.3) is 10.9 Å². The van der Waals surface area contributed by atoms with Gasteiger partial charge in [-0.1, -0.05) is 0 Å². The quantitative estimate of drug-likeness (QED) is 0.624. The van der Waals surface area contributed by atoms with Crippen molar-refractivity contribution in [3.63, 3.8) is 0 Å². The maximum absolute atomic E-state index is 6.03. The van der Waals surface area contributed by atoms with E-state index in [1.54, 1.807) is 6.20 Å². The fraction of sp³-hybridized carbons (Fsp3) is 0.231. The number of rotatable bonds is 3. The van der Waals surface area contributed by atoms with E-state index in [-0.39, 0.29) is 0 Å². The van der Waals surface area contributed by atoms with Gasteiger partial charge >= 0.3 is 0 Å². The molecule has 4 N–H and O–H groups in total. The van der Waals surface area contributed by atoms with Crippen LogP contribution in [0.5, 0.6) is 0 Å². The summed E-state index contributed by atoms with van der Waals surface area (Å²) in [6, 6.07) is 3.89. The molecule has 0 aliphatic heterocycles. The Balaban J connectivity index is 1.85. The number of nitrogens with one attached hydrogen (secondary N) is 2. The average molecular weight is 256 g/mol. The van der Waals surface area contributed by atoms with Gasteiger partial charge in [0.25, 0.3) is 0 Å². The van der Waals surface area contributed by atoms with E-state index in [0.29, 0.717) is 6.54 Å². The minimum atomic E-state index is 0.698. The Bertz CT molecular complexity index is 724. The van der Waals surface area contributed by atoms with Gasteiger partial charge in [0.1, 0.15) is 0 Å². The van der Waals surface area contributed by atoms with Crippen LogP contribution in [0.4, 0.5) is 11.4 Å². The molecule has 2 heterocycles. The summed E-state index contributed by atoms with van der Waals surface area (Å²) >= 11 is 0. The van der Waals surface area contributed by atoms with E-state index in [1.807, 2.05) is 37.0 Å². The average Bonchev–Trinajstić information content (AvgIpc) is 2.96. The summed E-state index contributed by atoms with van der Waals surface area (Å²) in [6.45, 7) is 2.75. The first-order valence-corrected chi connectivity index (χ1v) is 6.09. The molecule has 19 heavy (non-hydrogen) atoms. The number of hydrogen-bond acceptors (Lipinski definition) is 4. The largest absolute Gasteiger partial charge is 0.397 e. The third kappa shape index (κ3) is 2.01. The molecule has 0 amide bonds. The zero-order chi connectivity index (χ0) is 13.4. The van der Waals surface area contributed by atoms with Crippen LogP contribution < -0.4 is 11.1 Å². The van der Waals surface area contributed by atoms with E-state index in [4.69, 9.17) is 5.73 Å². The zero-order valence-electron chi connectivity index (χ0n) is 10.9. The third-order valence-corrected chi connectivity index (χ3v) is 3.42. The molecule has 0 aliphatic rings. The Kier molecular flexibility index (Phi) is 2.63. The number of nitrogens with two attached hydrogens (primary N) is 1. The molecule has 0 saturated heterocycles. The molecule has 6 heteroatoms. The second kappa shape index (κ2) is 4.31. The van der Waals surface area contributed by atoms with Crippen LogP contribution in [0.15, 0.2) is 24.5 Å². The first kappa shape index (κ1) is 11.6. The van der Waals surface area contributed by atoms with Crippen LogP contribution in [-0.2, 0) is 13.6 Å². The van der Waals surface area contributed by atoms with Crippen molar-refractivity contribution in [2.24, 2.45) is 7.05 Å². The lowest BCUT2D eigenvalue weighted by atomic mass is 10.2. The van der Waals surface area contributed by atoms with Gasteiger partial charge in [-0.2, -0.15) is 10.2 Å². The van der Waals surface area contributed by atoms with Crippen LogP contribution in [0.2, 0.25) is 0 Å². The topological polar surface area (TPSA) is 84.6 Å².